The zero-order valence-corrected chi connectivity index (χ0v) is 21.3. The van der Waals surface area contributed by atoms with Gasteiger partial charge in [-0.3, -0.25) is 4.79 Å². The smallest absolute Gasteiger partial charge is 0.244 e. The lowest BCUT2D eigenvalue weighted by molar-refractivity contribution is 0.111. The molecule has 0 saturated heterocycles. The average molecular weight is 521 g/mol. The SMILES string of the molecule is COc1cc(COc2nn(-c3ccccc3)cc2C=O)ccc1OCc1nc(-c2cccc(C#N)c2)oc1C. The van der Waals surface area contributed by atoms with Gasteiger partial charge in [0.2, 0.25) is 11.8 Å². The van der Waals surface area contributed by atoms with Crippen molar-refractivity contribution < 1.29 is 23.4 Å². The lowest BCUT2D eigenvalue weighted by Crippen LogP contribution is -2.02. The second-order valence-corrected chi connectivity index (χ2v) is 8.56. The predicted octanol–water partition coefficient (Wildman–Crippen LogP) is 5.69. The van der Waals surface area contributed by atoms with Gasteiger partial charge in [0.15, 0.2) is 17.8 Å². The monoisotopic (exact) mass is 520 g/mol. The molecule has 9 nitrogen and oxygen atoms in total. The summed E-state index contributed by atoms with van der Waals surface area (Å²) in [7, 11) is 1.56. The Hall–Kier alpha value is -5.36. The van der Waals surface area contributed by atoms with Crippen LogP contribution in [0.25, 0.3) is 17.1 Å². The number of carbonyl (C=O) groups is 1. The maximum Gasteiger partial charge on any atom is 0.244 e. The molecular formula is C30H24N4O5. The van der Waals surface area contributed by atoms with Gasteiger partial charge in [-0.25, -0.2) is 9.67 Å². The molecule has 0 bridgehead atoms. The molecule has 2 aromatic heterocycles. The van der Waals surface area contributed by atoms with E-state index in [1.54, 1.807) is 48.3 Å². The second kappa shape index (κ2) is 11.4. The van der Waals surface area contributed by atoms with Crippen molar-refractivity contribution in [2.45, 2.75) is 20.1 Å². The molecular weight excluding hydrogens is 496 g/mol. The van der Waals surface area contributed by atoms with Crippen LogP contribution in [0.2, 0.25) is 0 Å². The minimum atomic E-state index is 0.166. The molecule has 194 valence electrons. The molecule has 39 heavy (non-hydrogen) atoms. The van der Waals surface area contributed by atoms with Crippen molar-refractivity contribution in [3.8, 4) is 40.6 Å². The minimum Gasteiger partial charge on any atom is -0.493 e. The molecule has 2 heterocycles. The van der Waals surface area contributed by atoms with Crippen LogP contribution in [-0.2, 0) is 13.2 Å². The highest BCUT2D eigenvalue weighted by Crippen LogP contribution is 2.30. The van der Waals surface area contributed by atoms with Gasteiger partial charge in [-0.1, -0.05) is 30.3 Å². The third-order valence-electron chi connectivity index (χ3n) is 5.95. The van der Waals surface area contributed by atoms with Crippen LogP contribution < -0.4 is 14.2 Å². The van der Waals surface area contributed by atoms with Crippen LogP contribution in [0.3, 0.4) is 0 Å². The Labute approximate surface area is 224 Å². The van der Waals surface area contributed by atoms with Gasteiger partial charge >= 0.3 is 0 Å². The first-order valence-electron chi connectivity index (χ1n) is 12.1. The fourth-order valence-electron chi connectivity index (χ4n) is 3.90. The van der Waals surface area contributed by atoms with Gasteiger partial charge < -0.3 is 18.6 Å². The van der Waals surface area contributed by atoms with Gasteiger partial charge in [0.1, 0.15) is 24.7 Å². The molecule has 9 heteroatoms. The zero-order chi connectivity index (χ0) is 27.2. The van der Waals surface area contributed by atoms with Gasteiger partial charge in [0, 0.05) is 11.8 Å². The van der Waals surface area contributed by atoms with E-state index in [1.807, 2.05) is 49.4 Å². The summed E-state index contributed by atoms with van der Waals surface area (Å²) in [5.41, 5.74) is 3.87. The Morgan fingerprint density at radius 2 is 1.85 bits per heavy atom. The number of methoxy groups -OCH3 is 1. The summed E-state index contributed by atoms with van der Waals surface area (Å²) in [5.74, 6) is 2.33. The van der Waals surface area contributed by atoms with E-state index in [-0.39, 0.29) is 19.1 Å². The number of aldehydes is 1. The van der Waals surface area contributed by atoms with Crippen molar-refractivity contribution in [1.29, 1.82) is 5.26 Å². The first-order chi connectivity index (χ1) is 19.1. The van der Waals surface area contributed by atoms with E-state index in [2.05, 4.69) is 16.2 Å². The highest BCUT2D eigenvalue weighted by molar-refractivity contribution is 5.78. The van der Waals surface area contributed by atoms with Crippen LogP contribution in [0.1, 0.15) is 32.9 Å². The van der Waals surface area contributed by atoms with E-state index >= 15 is 0 Å². The fourth-order valence-corrected chi connectivity index (χ4v) is 3.90. The van der Waals surface area contributed by atoms with Crippen LogP contribution in [0.5, 0.6) is 17.4 Å². The predicted molar refractivity (Wildman–Crippen MR) is 142 cm³/mol. The number of nitrogens with zero attached hydrogens (tertiary/aromatic N) is 4. The van der Waals surface area contributed by atoms with Crippen molar-refractivity contribution in [2.75, 3.05) is 7.11 Å². The van der Waals surface area contributed by atoms with Crippen LogP contribution in [0.4, 0.5) is 0 Å². The van der Waals surface area contributed by atoms with Gasteiger partial charge in [-0.15, -0.1) is 5.10 Å². The minimum absolute atomic E-state index is 0.166. The molecule has 3 aromatic carbocycles. The van der Waals surface area contributed by atoms with Crippen molar-refractivity contribution in [2.24, 2.45) is 0 Å². The van der Waals surface area contributed by atoms with Gasteiger partial charge in [0.25, 0.3) is 0 Å². The van der Waals surface area contributed by atoms with Crippen LogP contribution in [0, 0.1) is 18.3 Å². The molecule has 0 radical (unpaired) electrons. The fraction of sp³-hybridized carbons (Fsp3) is 0.133. The Balaban J connectivity index is 1.26. The largest absolute Gasteiger partial charge is 0.493 e. The molecule has 0 aliphatic rings. The highest BCUT2D eigenvalue weighted by atomic mass is 16.5. The summed E-state index contributed by atoms with van der Waals surface area (Å²) < 4.78 is 24.8. The number of aromatic nitrogens is 3. The van der Waals surface area contributed by atoms with E-state index in [9.17, 15) is 4.79 Å². The highest BCUT2D eigenvalue weighted by Gasteiger charge is 2.15. The molecule has 5 rings (SSSR count). The number of oxazole rings is 1. The Morgan fingerprint density at radius 1 is 1.00 bits per heavy atom. The van der Waals surface area contributed by atoms with Crippen molar-refractivity contribution in [1.82, 2.24) is 14.8 Å². The summed E-state index contributed by atoms with van der Waals surface area (Å²) in [5, 5.41) is 13.6. The summed E-state index contributed by atoms with van der Waals surface area (Å²) in [6.07, 6.45) is 2.35. The third-order valence-corrected chi connectivity index (χ3v) is 5.95. The standard InChI is InChI=1S/C30H24N4O5/c1-20-26(32-29(39-20)23-8-6-7-21(13-23)15-31)19-37-27-12-11-22(14-28(27)36-2)18-38-30-24(17-35)16-34(33-30)25-9-4-3-5-10-25/h3-14,16-17H,18-19H2,1-2H3. The van der Waals surface area contributed by atoms with Gasteiger partial charge in [0.05, 0.1) is 30.0 Å². The number of hydrogen-bond donors (Lipinski definition) is 0. The molecule has 0 N–H and O–H groups in total. The number of ether oxygens (including phenoxy) is 3. The van der Waals surface area contributed by atoms with Gasteiger partial charge in [-0.05, 0) is 55.0 Å². The summed E-state index contributed by atoms with van der Waals surface area (Å²) in [6.45, 7) is 2.16. The normalized spacial score (nSPS) is 10.6. The third kappa shape index (κ3) is 5.65. The number of para-hydroxylation sites is 1. The average Bonchev–Trinajstić information content (AvgIpc) is 3.58. The van der Waals surface area contributed by atoms with Crippen LogP contribution >= 0.6 is 0 Å². The van der Waals surface area contributed by atoms with Crippen LogP contribution in [0.15, 0.2) is 83.4 Å². The second-order valence-electron chi connectivity index (χ2n) is 8.56. The van der Waals surface area contributed by atoms with Crippen LogP contribution in [-0.4, -0.2) is 28.2 Å². The van der Waals surface area contributed by atoms with E-state index in [0.717, 1.165) is 23.1 Å². The number of benzene rings is 3. The molecule has 0 aliphatic carbocycles. The number of aryl methyl sites for hydroxylation is 1. The topological polar surface area (TPSA) is 112 Å². The number of nitriles is 1. The number of carbonyl (C=O) groups excluding carboxylic acids is 1. The maximum absolute atomic E-state index is 11.6. The maximum atomic E-state index is 11.6. The summed E-state index contributed by atoms with van der Waals surface area (Å²) >= 11 is 0. The molecule has 0 amide bonds. The first kappa shape index (κ1) is 25.3. The van der Waals surface area contributed by atoms with E-state index in [0.29, 0.717) is 40.0 Å². The summed E-state index contributed by atoms with van der Waals surface area (Å²) in [6, 6.07) is 24.1. The van der Waals surface area contributed by atoms with E-state index in [4.69, 9.17) is 23.9 Å². The Morgan fingerprint density at radius 3 is 2.62 bits per heavy atom. The Bertz CT molecular complexity index is 1650. The molecule has 5 aromatic rings. The molecule has 0 aliphatic heterocycles. The quantitative estimate of drug-likeness (QED) is 0.216. The van der Waals surface area contributed by atoms with E-state index in [1.165, 1.54) is 0 Å². The van der Waals surface area contributed by atoms with Crippen molar-refractivity contribution in [3.63, 3.8) is 0 Å². The van der Waals surface area contributed by atoms with Gasteiger partial charge in [-0.2, -0.15) is 5.26 Å². The number of rotatable bonds is 10. The number of hydrogen-bond acceptors (Lipinski definition) is 8. The van der Waals surface area contributed by atoms with E-state index < -0.39 is 0 Å². The Kier molecular flexibility index (Phi) is 7.37. The van der Waals surface area contributed by atoms with Crippen molar-refractivity contribution >= 4 is 6.29 Å². The lowest BCUT2D eigenvalue weighted by atomic mass is 10.1. The van der Waals surface area contributed by atoms with Crippen molar-refractivity contribution in [3.05, 3.63) is 107 Å². The molecule has 0 spiro atoms. The lowest BCUT2D eigenvalue weighted by Gasteiger charge is -2.12. The molecule has 0 saturated carbocycles. The molecule has 0 unspecified atom stereocenters. The molecule has 0 fully saturated rings. The first-order valence-corrected chi connectivity index (χ1v) is 12.1. The molecule has 0 atom stereocenters. The zero-order valence-electron chi connectivity index (χ0n) is 21.3. The summed E-state index contributed by atoms with van der Waals surface area (Å²) in [4.78, 5) is 16.1.